The fraction of sp³-hybridized carbons (Fsp3) is 0.875. The van der Waals surface area contributed by atoms with Crippen molar-refractivity contribution in [3.63, 3.8) is 0 Å². The molecule has 27 heavy (non-hydrogen) atoms. The second-order valence-corrected chi connectivity index (χ2v) is 10.6. The molecule has 4 aliphatic rings. The zero-order valence-corrected chi connectivity index (χ0v) is 20.0. The van der Waals surface area contributed by atoms with E-state index in [1.165, 1.54) is 51.4 Å². The van der Waals surface area contributed by atoms with Crippen LogP contribution in [0.1, 0.15) is 85.0 Å². The molecule has 0 radical (unpaired) electrons. The van der Waals surface area contributed by atoms with Crippen LogP contribution in [-0.4, -0.2) is 5.97 Å². The summed E-state index contributed by atoms with van der Waals surface area (Å²) >= 11 is 0. The molecule has 0 spiro atoms. The van der Waals surface area contributed by atoms with E-state index in [0.717, 1.165) is 30.1 Å². The average molecular weight is 381 g/mol. The summed E-state index contributed by atoms with van der Waals surface area (Å²) in [6.45, 7) is 7.48. The van der Waals surface area contributed by atoms with Crippen molar-refractivity contribution >= 4 is 5.97 Å². The molecule has 3 heteroatoms. The first-order valence-corrected chi connectivity index (χ1v) is 11.2. The Morgan fingerprint density at radius 2 is 1.81 bits per heavy atom. The molecular weight excluding hydrogens is 343 g/mol. The molecule has 3 saturated carbocycles. The maximum atomic E-state index is 10.9. The molecule has 0 aromatic rings. The third-order valence-electron chi connectivity index (χ3n) is 9.72. The third kappa shape index (κ3) is 3.61. The SMILES string of the molecule is C[C@H](CCC(=O)[O-])[C@H]1CC[C@H]2[C@@H]3CCC4C=CCC[C@]4(C)[C@H]3CC[C@]12C.[Na+]. The summed E-state index contributed by atoms with van der Waals surface area (Å²) in [6, 6.07) is 0. The molecule has 0 N–H and O–H groups in total. The van der Waals surface area contributed by atoms with E-state index in [4.69, 9.17) is 0 Å². The first-order chi connectivity index (χ1) is 12.4. The van der Waals surface area contributed by atoms with Crippen LogP contribution in [0, 0.1) is 46.3 Å². The average Bonchev–Trinajstić information content (AvgIpc) is 2.96. The normalized spacial score (nSPS) is 46.6. The van der Waals surface area contributed by atoms with E-state index < -0.39 is 5.97 Å². The van der Waals surface area contributed by atoms with Crippen LogP contribution in [0.3, 0.4) is 0 Å². The van der Waals surface area contributed by atoms with Gasteiger partial charge in [-0.05, 0) is 111 Å². The Balaban J connectivity index is 0.00000210. The van der Waals surface area contributed by atoms with Gasteiger partial charge in [-0.1, -0.05) is 32.9 Å². The van der Waals surface area contributed by atoms with Crippen molar-refractivity contribution in [1.82, 2.24) is 0 Å². The van der Waals surface area contributed by atoms with Crippen molar-refractivity contribution in [2.45, 2.75) is 85.0 Å². The molecule has 0 aromatic heterocycles. The fourth-order valence-corrected chi connectivity index (χ4v) is 8.35. The van der Waals surface area contributed by atoms with E-state index in [9.17, 15) is 9.90 Å². The van der Waals surface area contributed by atoms with Crippen LogP contribution < -0.4 is 34.7 Å². The summed E-state index contributed by atoms with van der Waals surface area (Å²) in [5, 5.41) is 10.9. The van der Waals surface area contributed by atoms with Crippen molar-refractivity contribution in [3.05, 3.63) is 12.2 Å². The number of hydrogen-bond donors (Lipinski definition) is 0. The second-order valence-electron chi connectivity index (χ2n) is 10.6. The zero-order chi connectivity index (χ0) is 18.5. The van der Waals surface area contributed by atoms with Gasteiger partial charge in [0.2, 0.25) is 0 Å². The Labute approximate surface area is 188 Å². The molecule has 0 amide bonds. The summed E-state index contributed by atoms with van der Waals surface area (Å²) in [7, 11) is 0. The topological polar surface area (TPSA) is 40.1 Å². The minimum atomic E-state index is -0.878. The molecule has 0 aromatic carbocycles. The Morgan fingerprint density at radius 3 is 2.56 bits per heavy atom. The number of allylic oxidation sites excluding steroid dienone is 2. The number of hydrogen-bond acceptors (Lipinski definition) is 2. The van der Waals surface area contributed by atoms with Gasteiger partial charge < -0.3 is 9.90 Å². The van der Waals surface area contributed by atoms with E-state index in [1.54, 1.807) is 0 Å². The van der Waals surface area contributed by atoms with Crippen LogP contribution in [-0.2, 0) is 4.79 Å². The molecular formula is C24H37NaO2. The van der Waals surface area contributed by atoms with Crippen molar-refractivity contribution in [3.8, 4) is 0 Å². The summed E-state index contributed by atoms with van der Waals surface area (Å²) in [4.78, 5) is 10.9. The quantitative estimate of drug-likeness (QED) is 0.553. The minimum Gasteiger partial charge on any atom is -0.550 e. The first-order valence-electron chi connectivity index (χ1n) is 11.2. The van der Waals surface area contributed by atoms with E-state index in [1.807, 2.05) is 0 Å². The molecule has 4 aliphatic carbocycles. The number of rotatable bonds is 4. The van der Waals surface area contributed by atoms with Gasteiger partial charge in [0.05, 0.1) is 0 Å². The van der Waals surface area contributed by atoms with Crippen molar-refractivity contribution in [2.24, 2.45) is 46.3 Å². The molecule has 8 atom stereocenters. The summed E-state index contributed by atoms with van der Waals surface area (Å²) in [5.41, 5.74) is 0.984. The maximum absolute atomic E-state index is 10.9. The fourth-order valence-electron chi connectivity index (χ4n) is 8.35. The smallest absolute Gasteiger partial charge is 0.550 e. The predicted molar refractivity (Wildman–Crippen MR) is 103 cm³/mol. The summed E-state index contributed by atoms with van der Waals surface area (Å²) in [5.74, 6) is 3.88. The Bertz CT molecular complexity index is 587. The van der Waals surface area contributed by atoms with Crippen LogP contribution >= 0.6 is 0 Å². The Kier molecular flexibility index (Phi) is 6.61. The number of fused-ring (bicyclic) bond motifs is 5. The van der Waals surface area contributed by atoms with Crippen molar-refractivity contribution < 1.29 is 39.5 Å². The largest absolute Gasteiger partial charge is 1.00 e. The molecule has 0 heterocycles. The van der Waals surface area contributed by atoms with Gasteiger partial charge in [-0.2, -0.15) is 0 Å². The predicted octanol–water partition coefficient (Wildman–Crippen LogP) is 1.98. The van der Waals surface area contributed by atoms with Gasteiger partial charge in [-0.15, -0.1) is 0 Å². The molecule has 146 valence electrons. The van der Waals surface area contributed by atoms with Crippen LogP contribution in [0.25, 0.3) is 0 Å². The van der Waals surface area contributed by atoms with Gasteiger partial charge in [-0.25, -0.2) is 0 Å². The molecule has 3 fully saturated rings. The summed E-state index contributed by atoms with van der Waals surface area (Å²) < 4.78 is 0. The van der Waals surface area contributed by atoms with E-state index in [-0.39, 0.29) is 36.0 Å². The van der Waals surface area contributed by atoms with Crippen LogP contribution in [0.4, 0.5) is 0 Å². The Morgan fingerprint density at radius 1 is 1.07 bits per heavy atom. The Hall–Kier alpha value is 0.210. The summed E-state index contributed by atoms with van der Waals surface area (Å²) in [6.07, 6.45) is 17.0. The van der Waals surface area contributed by atoms with Crippen LogP contribution in [0.2, 0.25) is 0 Å². The van der Waals surface area contributed by atoms with E-state index in [0.29, 0.717) is 22.7 Å². The molecule has 1 unspecified atom stereocenters. The van der Waals surface area contributed by atoms with E-state index in [2.05, 4.69) is 32.9 Å². The van der Waals surface area contributed by atoms with E-state index >= 15 is 0 Å². The van der Waals surface area contributed by atoms with Crippen molar-refractivity contribution in [1.29, 1.82) is 0 Å². The monoisotopic (exact) mass is 380 g/mol. The number of carboxylic acid groups (broad SMARTS) is 1. The third-order valence-corrected chi connectivity index (χ3v) is 9.72. The first kappa shape index (κ1) is 21.9. The molecule has 4 rings (SSSR count). The van der Waals surface area contributed by atoms with Gasteiger partial charge >= 0.3 is 29.6 Å². The van der Waals surface area contributed by atoms with Gasteiger partial charge in [0.1, 0.15) is 0 Å². The number of carbonyl (C=O) groups is 1. The van der Waals surface area contributed by atoms with Gasteiger partial charge in [0.15, 0.2) is 0 Å². The van der Waals surface area contributed by atoms with Crippen molar-refractivity contribution in [2.75, 3.05) is 0 Å². The molecule has 0 aliphatic heterocycles. The van der Waals surface area contributed by atoms with Gasteiger partial charge in [0, 0.05) is 5.97 Å². The molecule has 0 saturated heterocycles. The van der Waals surface area contributed by atoms with Gasteiger partial charge in [-0.3, -0.25) is 0 Å². The maximum Gasteiger partial charge on any atom is 1.00 e. The van der Waals surface area contributed by atoms with Gasteiger partial charge in [0.25, 0.3) is 0 Å². The molecule has 0 bridgehead atoms. The second kappa shape index (κ2) is 8.15. The molecule has 2 nitrogen and oxygen atoms in total. The minimum absolute atomic E-state index is 0. The zero-order valence-electron chi connectivity index (χ0n) is 18.0. The standard InChI is InChI=1S/C24H38O2.Na/c1-16(7-12-22(25)26)19-10-11-20-18-9-8-17-6-4-5-14-23(17,2)21(18)13-15-24(19,20)3;/h4,6,16-21H,5,7-15H2,1-3H3,(H,25,26);/q;+1/p-1/t16-,17?,18+,19-,20+,21+,23+,24-;/m1./s1. The number of carbonyl (C=O) groups excluding carboxylic acids is 1. The number of carboxylic acids is 1. The number of aliphatic carboxylic acids is 1. The van der Waals surface area contributed by atoms with Crippen LogP contribution in [0.5, 0.6) is 0 Å². The van der Waals surface area contributed by atoms with Crippen LogP contribution in [0.15, 0.2) is 12.2 Å².